The fraction of sp³-hybridized carbons (Fsp3) is 0.200. The standard InChI is InChI=1S/C15H13N3O2/c19-14-6-3-9-18(13-5-2-1-4-12(13)14)15(20)11-7-8-16-17-10-11/h1-2,4-5,7-8,10H,3,6,9H2. The van der Waals surface area contributed by atoms with Gasteiger partial charge in [0.25, 0.3) is 5.91 Å². The number of para-hydroxylation sites is 1. The second kappa shape index (κ2) is 5.21. The molecule has 20 heavy (non-hydrogen) atoms. The third-order valence-electron chi connectivity index (χ3n) is 3.36. The number of rotatable bonds is 1. The molecule has 5 nitrogen and oxygen atoms in total. The van der Waals surface area contributed by atoms with Crippen molar-refractivity contribution >= 4 is 17.4 Å². The molecular formula is C15H13N3O2. The Morgan fingerprint density at radius 1 is 1.15 bits per heavy atom. The van der Waals surface area contributed by atoms with E-state index in [-0.39, 0.29) is 11.7 Å². The zero-order chi connectivity index (χ0) is 13.9. The highest BCUT2D eigenvalue weighted by molar-refractivity contribution is 6.11. The van der Waals surface area contributed by atoms with Gasteiger partial charge in [0.1, 0.15) is 0 Å². The Morgan fingerprint density at radius 3 is 2.80 bits per heavy atom. The van der Waals surface area contributed by atoms with Crippen LogP contribution in [0.4, 0.5) is 5.69 Å². The van der Waals surface area contributed by atoms with Crippen molar-refractivity contribution in [2.45, 2.75) is 12.8 Å². The molecule has 1 amide bonds. The van der Waals surface area contributed by atoms with Crippen LogP contribution < -0.4 is 4.90 Å². The maximum absolute atomic E-state index is 12.6. The van der Waals surface area contributed by atoms with Gasteiger partial charge in [-0.1, -0.05) is 12.1 Å². The minimum absolute atomic E-state index is 0.0868. The molecule has 1 aromatic heterocycles. The van der Waals surface area contributed by atoms with E-state index in [0.29, 0.717) is 36.2 Å². The average Bonchev–Trinajstić information content (AvgIpc) is 2.67. The SMILES string of the molecule is O=C1CCCN(C(=O)c2ccnnc2)c2ccccc21. The van der Waals surface area contributed by atoms with Gasteiger partial charge in [0.2, 0.25) is 0 Å². The maximum atomic E-state index is 12.6. The summed E-state index contributed by atoms with van der Waals surface area (Å²) in [6.07, 6.45) is 4.06. The first-order chi connectivity index (χ1) is 9.77. The number of fused-ring (bicyclic) bond motifs is 1. The van der Waals surface area contributed by atoms with E-state index in [9.17, 15) is 9.59 Å². The molecule has 0 fully saturated rings. The van der Waals surface area contributed by atoms with Gasteiger partial charge >= 0.3 is 0 Å². The molecule has 0 atom stereocenters. The molecule has 100 valence electrons. The summed E-state index contributed by atoms with van der Waals surface area (Å²) in [5.41, 5.74) is 1.77. The first-order valence-electron chi connectivity index (χ1n) is 6.48. The van der Waals surface area contributed by atoms with E-state index < -0.39 is 0 Å². The lowest BCUT2D eigenvalue weighted by Crippen LogP contribution is -2.31. The summed E-state index contributed by atoms with van der Waals surface area (Å²) in [6, 6.07) is 8.87. The number of aromatic nitrogens is 2. The van der Waals surface area contributed by atoms with Crippen LogP contribution in [0.15, 0.2) is 42.7 Å². The van der Waals surface area contributed by atoms with Crippen LogP contribution in [0.25, 0.3) is 0 Å². The van der Waals surface area contributed by atoms with E-state index in [4.69, 9.17) is 0 Å². The first kappa shape index (κ1) is 12.5. The normalized spacial score (nSPS) is 14.6. The molecule has 0 unspecified atom stereocenters. The first-order valence-corrected chi connectivity index (χ1v) is 6.48. The highest BCUT2D eigenvalue weighted by Gasteiger charge is 2.25. The average molecular weight is 267 g/mol. The Labute approximate surface area is 116 Å². The van der Waals surface area contributed by atoms with Crippen LogP contribution >= 0.6 is 0 Å². The molecule has 1 aliphatic rings. The van der Waals surface area contributed by atoms with Crippen molar-refractivity contribution in [3.05, 3.63) is 53.9 Å². The zero-order valence-electron chi connectivity index (χ0n) is 10.8. The van der Waals surface area contributed by atoms with E-state index in [1.54, 1.807) is 17.0 Å². The number of ketones is 1. The molecule has 5 heteroatoms. The van der Waals surface area contributed by atoms with Crippen LogP contribution in [0, 0.1) is 0 Å². The zero-order valence-corrected chi connectivity index (χ0v) is 10.8. The third-order valence-corrected chi connectivity index (χ3v) is 3.36. The predicted molar refractivity (Wildman–Crippen MR) is 73.7 cm³/mol. The Kier molecular flexibility index (Phi) is 3.25. The smallest absolute Gasteiger partial charge is 0.259 e. The van der Waals surface area contributed by atoms with Crippen molar-refractivity contribution in [3.8, 4) is 0 Å². The number of carbonyl (C=O) groups is 2. The molecule has 1 aliphatic heterocycles. The molecule has 0 aliphatic carbocycles. The molecular weight excluding hydrogens is 254 g/mol. The lowest BCUT2D eigenvalue weighted by molar-refractivity contribution is 0.0973. The maximum Gasteiger partial charge on any atom is 0.259 e. The number of Topliss-reactive ketones (excluding diaryl/α,β-unsaturated/α-hetero) is 1. The van der Waals surface area contributed by atoms with E-state index in [1.165, 1.54) is 12.4 Å². The fourth-order valence-corrected chi connectivity index (χ4v) is 2.38. The van der Waals surface area contributed by atoms with Crippen LogP contribution in [0.2, 0.25) is 0 Å². The van der Waals surface area contributed by atoms with E-state index in [2.05, 4.69) is 10.2 Å². The van der Waals surface area contributed by atoms with Gasteiger partial charge in [-0.15, -0.1) is 0 Å². The number of amides is 1. The highest BCUT2D eigenvalue weighted by atomic mass is 16.2. The van der Waals surface area contributed by atoms with Crippen molar-refractivity contribution in [2.75, 3.05) is 11.4 Å². The Morgan fingerprint density at radius 2 is 2.00 bits per heavy atom. The van der Waals surface area contributed by atoms with Gasteiger partial charge in [-0.3, -0.25) is 9.59 Å². The minimum atomic E-state index is -0.151. The molecule has 0 bridgehead atoms. The van der Waals surface area contributed by atoms with Crippen LogP contribution in [-0.2, 0) is 0 Å². The van der Waals surface area contributed by atoms with Gasteiger partial charge in [-0.25, -0.2) is 0 Å². The molecule has 0 saturated carbocycles. The highest BCUT2D eigenvalue weighted by Crippen LogP contribution is 2.27. The molecule has 0 saturated heterocycles. The number of hydrogen-bond donors (Lipinski definition) is 0. The summed E-state index contributed by atoms with van der Waals surface area (Å²) >= 11 is 0. The topological polar surface area (TPSA) is 63.2 Å². The molecule has 2 aromatic rings. The molecule has 0 spiro atoms. The summed E-state index contributed by atoms with van der Waals surface area (Å²) in [5, 5.41) is 7.40. The van der Waals surface area contributed by atoms with Crippen molar-refractivity contribution in [1.82, 2.24) is 10.2 Å². The Balaban J connectivity index is 2.04. The van der Waals surface area contributed by atoms with Gasteiger partial charge in [0, 0.05) is 18.5 Å². The van der Waals surface area contributed by atoms with Gasteiger partial charge in [0.05, 0.1) is 23.6 Å². The van der Waals surface area contributed by atoms with E-state index in [1.807, 2.05) is 18.2 Å². The number of benzene rings is 1. The Bertz CT molecular complexity index is 655. The van der Waals surface area contributed by atoms with Crippen molar-refractivity contribution in [1.29, 1.82) is 0 Å². The molecule has 0 N–H and O–H groups in total. The second-order valence-electron chi connectivity index (χ2n) is 4.63. The minimum Gasteiger partial charge on any atom is -0.308 e. The van der Waals surface area contributed by atoms with Crippen molar-refractivity contribution < 1.29 is 9.59 Å². The quantitative estimate of drug-likeness (QED) is 0.793. The van der Waals surface area contributed by atoms with Crippen molar-refractivity contribution in [2.24, 2.45) is 0 Å². The lowest BCUT2D eigenvalue weighted by atomic mass is 10.1. The summed E-state index contributed by atoms with van der Waals surface area (Å²) < 4.78 is 0. The summed E-state index contributed by atoms with van der Waals surface area (Å²) in [5.74, 6) is -0.0641. The lowest BCUT2D eigenvalue weighted by Gasteiger charge is -2.22. The summed E-state index contributed by atoms with van der Waals surface area (Å²) in [7, 11) is 0. The predicted octanol–water partition coefficient (Wildman–Crippen LogP) is 2.10. The number of hydrogen-bond acceptors (Lipinski definition) is 4. The van der Waals surface area contributed by atoms with Gasteiger partial charge in [0.15, 0.2) is 5.78 Å². The third kappa shape index (κ3) is 2.18. The molecule has 1 aromatic carbocycles. The largest absolute Gasteiger partial charge is 0.308 e. The van der Waals surface area contributed by atoms with Crippen LogP contribution in [0.5, 0.6) is 0 Å². The number of anilines is 1. The van der Waals surface area contributed by atoms with Gasteiger partial charge in [-0.2, -0.15) is 10.2 Å². The van der Waals surface area contributed by atoms with Crippen LogP contribution in [0.3, 0.4) is 0 Å². The van der Waals surface area contributed by atoms with E-state index in [0.717, 1.165) is 0 Å². The molecule has 0 radical (unpaired) electrons. The van der Waals surface area contributed by atoms with Crippen molar-refractivity contribution in [3.63, 3.8) is 0 Å². The van der Waals surface area contributed by atoms with Crippen LogP contribution in [0.1, 0.15) is 33.6 Å². The van der Waals surface area contributed by atoms with E-state index >= 15 is 0 Å². The Hall–Kier alpha value is -2.56. The second-order valence-corrected chi connectivity index (χ2v) is 4.63. The van der Waals surface area contributed by atoms with Crippen LogP contribution in [-0.4, -0.2) is 28.4 Å². The monoisotopic (exact) mass is 267 g/mol. The molecule has 3 rings (SSSR count). The van der Waals surface area contributed by atoms with Gasteiger partial charge in [-0.05, 0) is 24.6 Å². The summed E-state index contributed by atoms with van der Waals surface area (Å²) in [4.78, 5) is 26.3. The number of nitrogens with zero attached hydrogens (tertiary/aromatic N) is 3. The van der Waals surface area contributed by atoms with Gasteiger partial charge < -0.3 is 4.90 Å². The number of carbonyl (C=O) groups excluding carboxylic acids is 2. The fourth-order valence-electron chi connectivity index (χ4n) is 2.38. The summed E-state index contributed by atoms with van der Waals surface area (Å²) in [6.45, 7) is 0.532. The molecule has 2 heterocycles.